The Hall–Kier alpha value is -1.30. The second kappa shape index (κ2) is 7.05. The molecule has 1 amide bonds. The molecule has 0 heterocycles. The maximum Gasteiger partial charge on any atom is 0.407 e. The van der Waals surface area contributed by atoms with Crippen LogP contribution in [0.5, 0.6) is 0 Å². The van der Waals surface area contributed by atoms with Gasteiger partial charge in [-0.15, -0.1) is 0 Å². The molecule has 0 aliphatic heterocycles. The predicted molar refractivity (Wildman–Crippen MR) is 57.3 cm³/mol. The Labute approximate surface area is 94.9 Å². The zero-order chi connectivity index (χ0) is 12.6. The molecule has 0 aromatic rings. The predicted octanol–water partition coefficient (Wildman–Crippen LogP) is 1.00. The van der Waals surface area contributed by atoms with E-state index in [4.69, 9.17) is 9.84 Å². The van der Waals surface area contributed by atoms with Crippen LogP contribution in [0.15, 0.2) is 0 Å². The molecule has 0 atom stereocenters. The topological polar surface area (TPSA) is 84.9 Å². The molecule has 0 saturated carbocycles. The highest BCUT2D eigenvalue weighted by atomic mass is 16.5. The van der Waals surface area contributed by atoms with Crippen LogP contribution in [-0.2, 0) is 14.3 Å². The van der Waals surface area contributed by atoms with Gasteiger partial charge in [0, 0.05) is 12.1 Å². The molecule has 0 aromatic carbocycles. The van der Waals surface area contributed by atoms with Crippen LogP contribution in [-0.4, -0.2) is 43.0 Å². The Morgan fingerprint density at radius 1 is 1.31 bits per heavy atom. The van der Waals surface area contributed by atoms with Crippen LogP contribution >= 0.6 is 0 Å². The molecule has 16 heavy (non-hydrogen) atoms. The summed E-state index contributed by atoms with van der Waals surface area (Å²) in [5.74, 6) is -0.882. The van der Waals surface area contributed by atoms with E-state index in [0.717, 1.165) is 0 Å². The SMILES string of the molecule is COC(=O)NC(C)(C)CCOCCC(=O)O. The number of nitrogens with one attached hydrogen (secondary N) is 1. The fourth-order valence-electron chi connectivity index (χ4n) is 0.979. The lowest BCUT2D eigenvalue weighted by molar-refractivity contribution is -0.138. The lowest BCUT2D eigenvalue weighted by Gasteiger charge is -2.25. The van der Waals surface area contributed by atoms with E-state index in [9.17, 15) is 9.59 Å². The number of aliphatic carboxylic acids is 1. The van der Waals surface area contributed by atoms with Crippen molar-refractivity contribution in [2.45, 2.75) is 32.2 Å². The number of rotatable bonds is 7. The molecule has 0 radical (unpaired) electrons. The summed E-state index contributed by atoms with van der Waals surface area (Å²) in [5.41, 5.74) is -0.434. The molecule has 0 aliphatic rings. The Bertz CT molecular complexity index is 239. The maximum atomic E-state index is 11.0. The number of carboxylic acids is 1. The molecular formula is C10H19NO5. The standard InChI is InChI=1S/C10H19NO5/c1-10(2,11-9(14)15-3)5-7-16-6-4-8(12)13/h4-7H2,1-3H3,(H,11,14)(H,12,13). The van der Waals surface area contributed by atoms with Crippen molar-refractivity contribution in [3.8, 4) is 0 Å². The number of alkyl carbamates (subject to hydrolysis) is 1. The summed E-state index contributed by atoms with van der Waals surface area (Å²) in [6.07, 6.45) is 0.0857. The summed E-state index contributed by atoms with van der Waals surface area (Å²) < 4.78 is 9.60. The van der Waals surface area contributed by atoms with Gasteiger partial charge >= 0.3 is 12.1 Å². The molecule has 0 aromatic heterocycles. The van der Waals surface area contributed by atoms with E-state index >= 15 is 0 Å². The van der Waals surface area contributed by atoms with Crippen molar-refractivity contribution in [3.63, 3.8) is 0 Å². The van der Waals surface area contributed by atoms with Gasteiger partial charge in [0.05, 0.1) is 20.1 Å². The second-order valence-corrected chi connectivity index (χ2v) is 4.01. The lowest BCUT2D eigenvalue weighted by Crippen LogP contribution is -2.44. The van der Waals surface area contributed by atoms with Crippen LogP contribution in [0.4, 0.5) is 4.79 Å². The van der Waals surface area contributed by atoms with Crippen molar-refractivity contribution < 1.29 is 24.2 Å². The first kappa shape index (κ1) is 14.7. The summed E-state index contributed by atoms with van der Waals surface area (Å²) in [6.45, 7) is 4.25. The summed E-state index contributed by atoms with van der Waals surface area (Å²) in [7, 11) is 1.30. The monoisotopic (exact) mass is 233 g/mol. The van der Waals surface area contributed by atoms with Gasteiger partial charge in [0.2, 0.25) is 0 Å². The van der Waals surface area contributed by atoms with Crippen molar-refractivity contribution in [1.29, 1.82) is 0 Å². The fraction of sp³-hybridized carbons (Fsp3) is 0.800. The highest BCUT2D eigenvalue weighted by Gasteiger charge is 2.20. The van der Waals surface area contributed by atoms with Gasteiger partial charge in [0.25, 0.3) is 0 Å². The largest absolute Gasteiger partial charge is 0.481 e. The molecule has 0 saturated heterocycles. The molecule has 2 N–H and O–H groups in total. The van der Waals surface area contributed by atoms with Crippen LogP contribution in [0.1, 0.15) is 26.7 Å². The van der Waals surface area contributed by atoms with Gasteiger partial charge in [-0.3, -0.25) is 4.79 Å². The quantitative estimate of drug-likeness (QED) is 0.641. The number of methoxy groups -OCH3 is 1. The molecule has 6 heteroatoms. The van der Waals surface area contributed by atoms with Crippen LogP contribution < -0.4 is 5.32 Å². The minimum Gasteiger partial charge on any atom is -0.481 e. The normalized spacial score (nSPS) is 10.9. The third-order valence-corrected chi connectivity index (χ3v) is 1.96. The van der Waals surface area contributed by atoms with Gasteiger partial charge < -0.3 is 19.9 Å². The summed E-state index contributed by atoms with van der Waals surface area (Å²) in [6, 6.07) is 0. The summed E-state index contributed by atoms with van der Waals surface area (Å²) >= 11 is 0. The van der Waals surface area contributed by atoms with Crippen molar-refractivity contribution >= 4 is 12.1 Å². The minimum absolute atomic E-state index is 0.00907. The first-order valence-electron chi connectivity index (χ1n) is 5.03. The number of ether oxygens (including phenoxy) is 2. The molecule has 0 spiro atoms. The summed E-state index contributed by atoms with van der Waals surface area (Å²) in [5, 5.41) is 11.0. The zero-order valence-electron chi connectivity index (χ0n) is 9.91. The first-order chi connectivity index (χ1) is 7.37. The second-order valence-electron chi connectivity index (χ2n) is 4.01. The zero-order valence-corrected chi connectivity index (χ0v) is 9.91. The van der Waals surface area contributed by atoms with E-state index in [1.54, 1.807) is 0 Å². The molecule has 0 unspecified atom stereocenters. The molecule has 94 valence electrons. The fourth-order valence-corrected chi connectivity index (χ4v) is 0.979. The average Bonchev–Trinajstić information content (AvgIpc) is 2.15. The molecule has 0 bridgehead atoms. The summed E-state index contributed by atoms with van der Waals surface area (Å²) in [4.78, 5) is 21.1. The maximum absolute atomic E-state index is 11.0. The van der Waals surface area contributed by atoms with E-state index in [1.165, 1.54) is 7.11 Å². The van der Waals surface area contributed by atoms with Crippen LogP contribution in [0, 0.1) is 0 Å². The molecule has 0 aliphatic carbocycles. The Morgan fingerprint density at radius 2 is 1.94 bits per heavy atom. The van der Waals surface area contributed by atoms with Crippen molar-refractivity contribution in [1.82, 2.24) is 5.32 Å². The van der Waals surface area contributed by atoms with E-state index in [2.05, 4.69) is 10.1 Å². The number of carbonyl (C=O) groups is 2. The van der Waals surface area contributed by atoms with E-state index in [-0.39, 0.29) is 13.0 Å². The smallest absolute Gasteiger partial charge is 0.407 e. The number of hydrogen-bond acceptors (Lipinski definition) is 4. The van der Waals surface area contributed by atoms with Gasteiger partial charge in [-0.05, 0) is 20.3 Å². The van der Waals surface area contributed by atoms with E-state index in [1.807, 2.05) is 13.8 Å². The minimum atomic E-state index is -0.882. The van der Waals surface area contributed by atoms with Crippen molar-refractivity contribution in [2.75, 3.05) is 20.3 Å². The Balaban J connectivity index is 3.65. The van der Waals surface area contributed by atoms with Crippen LogP contribution in [0.25, 0.3) is 0 Å². The molecule has 0 rings (SSSR count). The first-order valence-corrected chi connectivity index (χ1v) is 5.03. The van der Waals surface area contributed by atoms with E-state index in [0.29, 0.717) is 13.0 Å². The lowest BCUT2D eigenvalue weighted by atomic mass is 10.0. The van der Waals surface area contributed by atoms with Gasteiger partial charge in [0.15, 0.2) is 0 Å². The number of amides is 1. The van der Waals surface area contributed by atoms with Gasteiger partial charge in [-0.1, -0.05) is 0 Å². The van der Waals surface area contributed by atoms with Crippen LogP contribution in [0.2, 0.25) is 0 Å². The number of carboxylic acid groups (broad SMARTS) is 1. The van der Waals surface area contributed by atoms with E-state index < -0.39 is 17.6 Å². The highest BCUT2D eigenvalue weighted by molar-refractivity contribution is 5.67. The van der Waals surface area contributed by atoms with Gasteiger partial charge in [-0.2, -0.15) is 0 Å². The molecule has 0 fully saturated rings. The van der Waals surface area contributed by atoms with Crippen molar-refractivity contribution in [3.05, 3.63) is 0 Å². The average molecular weight is 233 g/mol. The van der Waals surface area contributed by atoms with Crippen molar-refractivity contribution in [2.24, 2.45) is 0 Å². The molecule has 6 nitrogen and oxygen atoms in total. The van der Waals surface area contributed by atoms with Gasteiger partial charge in [0.1, 0.15) is 0 Å². The third kappa shape index (κ3) is 8.05. The number of carbonyl (C=O) groups excluding carboxylic acids is 1. The number of hydrogen-bond donors (Lipinski definition) is 2. The third-order valence-electron chi connectivity index (χ3n) is 1.96. The molecular weight excluding hydrogens is 214 g/mol. The Kier molecular flexibility index (Phi) is 6.48. The van der Waals surface area contributed by atoms with Crippen LogP contribution in [0.3, 0.4) is 0 Å². The Morgan fingerprint density at radius 3 is 2.44 bits per heavy atom. The highest BCUT2D eigenvalue weighted by Crippen LogP contribution is 2.08. The van der Waals surface area contributed by atoms with Gasteiger partial charge in [-0.25, -0.2) is 4.79 Å².